The normalized spacial score (nSPS) is 11.6. The first kappa shape index (κ1) is 24.4. The Balaban J connectivity index is 1.57. The number of esters is 1. The summed E-state index contributed by atoms with van der Waals surface area (Å²) in [5, 5.41) is 10.4. The minimum Gasteiger partial charge on any atom is -0.462 e. The van der Waals surface area contributed by atoms with E-state index in [1.54, 1.807) is 37.3 Å². The maximum absolute atomic E-state index is 13.1. The fourth-order valence-corrected chi connectivity index (χ4v) is 3.92. The zero-order valence-electron chi connectivity index (χ0n) is 18.4. The number of nitrogens with one attached hydrogen (secondary N) is 1. The topological polar surface area (TPSA) is 103 Å². The van der Waals surface area contributed by atoms with Crippen LogP contribution in [-0.4, -0.2) is 42.9 Å². The van der Waals surface area contributed by atoms with E-state index in [0.29, 0.717) is 22.6 Å². The molecule has 3 aromatic heterocycles. The number of carbonyl (C=O) groups excluding carboxylic acids is 2. The largest absolute Gasteiger partial charge is 0.462 e. The second kappa shape index (κ2) is 9.49. The molecule has 4 aromatic rings. The van der Waals surface area contributed by atoms with Crippen LogP contribution in [-0.2, 0) is 22.3 Å². The van der Waals surface area contributed by atoms with Gasteiger partial charge in [0, 0.05) is 17.4 Å². The number of nitrogens with zero attached hydrogens (tertiary/aromatic N) is 5. The maximum atomic E-state index is 13.1. The van der Waals surface area contributed by atoms with Gasteiger partial charge >= 0.3 is 12.1 Å². The number of hydrogen-bond acceptors (Lipinski definition) is 6. The lowest BCUT2D eigenvalue weighted by atomic mass is 10.1. The van der Waals surface area contributed by atoms with Gasteiger partial charge in [-0.3, -0.25) is 9.48 Å². The van der Waals surface area contributed by atoms with Crippen LogP contribution in [0.5, 0.6) is 0 Å². The highest BCUT2D eigenvalue weighted by Crippen LogP contribution is 2.35. The molecule has 0 unspecified atom stereocenters. The predicted octanol–water partition coefficient (Wildman–Crippen LogP) is 4.50. The molecule has 0 radical (unpaired) electrons. The van der Waals surface area contributed by atoms with Crippen LogP contribution in [0.3, 0.4) is 0 Å². The van der Waals surface area contributed by atoms with Crippen LogP contribution >= 0.6 is 15.9 Å². The average molecular weight is 551 g/mol. The molecule has 1 amide bonds. The molecule has 0 aliphatic heterocycles. The summed E-state index contributed by atoms with van der Waals surface area (Å²) in [5.74, 6) is -1.10. The molecule has 9 nitrogen and oxygen atoms in total. The van der Waals surface area contributed by atoms with Crippen LogP contribution in [0.25, 0.3) is 16.9 Å². The maximum Gasteiger partial charge on any atom is 0.436 e. The van der Waals surface area contributed by atoms with E-state index in [2.05, 4.69) is 36.4 Å². The molecular weight excluding hydrogens is 533 g/mol. The lowest BCUT2D eigenvalue weighted by Gasteiger charge is -2.10. The number of rotatable bonds is 6. The number of anilines is 1. The van der Waals surface area contributed by atoms with Crippen LogP contribution in [0.1, 0.15) is 28.7 Å². The van der Waals surface area contributed by atoms with Crippen molar-refractivity contribution in [3.05, 3.63) is 64.1 Å². The average Bonchev–Trinajstić information content (AvgIpc) is 3.36. The van der Waals surface area contributed by atoms with E-state index in [0.717, 1.165) is 4.68 Å². The van der Waals surface area contributed by atoms with Crippen LogP contribution in [0, 0.1) is 6.92 Å². The molecule has 0 saturated heterocycles. The van der Waals surface area contributed by atoms with Crippen molar-refractivity contribution in [1.29, 1.82) is 0 Å². The molecule has 1 N–H and O–H groups in total. The summed E-state index contributed by atoms with van der Waals surface area (Å²) in [4.78, 5) is 28.9. The highest BCUT2D eigenvalue weighted by atomic mass is 79.9. The van der Waals surface area contributed by atoms with Crippen molar-refractivity contribution in [2.75, 3.05) is 11.9 Å². The summed E-state index contributed by atoms with van der Waals surface area (Å²) in [6, 6.07) is 8.48. The molecule has 13 heteroatoms. The van der Waals surface area contributed by atoms with Crippen molar-refractivity contribution in [3.8, 4) is 11.3 Å². The lowest BCUT2D eigenvalue weighted by molar-refractivity contribution is -0.142. The van der Waals surface area contributed by atoms with Crippen molar-refractivity contribution in [3.63, 3.8) is 0 Å². The zero-order chi connectivity index (χ0) is 25.3. The summed E-state index contributed by atoms with van der Waals surface area (Å²) in [6.07, 6.45) is -1.75. The first-order valence-corrected chi connectivity index (χ1v) is 11.1. The van der Waals surface area contributed by atoms with Crippen LogP contribution in [0.4, 0.5) is 18.9 Å². The summed E-state index contributed by atoms with van der Waals surface area (Å²) >= 11 is 2.89. The molecule has 0 atom stereocenters. The number of aromatic nitrogens is 5. The highest BCUT2D eigenvalue weighted by molar-refractivity contribution is 9.10. The summed E-state index contributed by atoms with van der Waals surface area (Å²) in [6.45, 7) is 2.93. The first-order chi connectivity index (χ1) is 16.6. The van der Waals surface area contributed by atoms with Gasteiger partial charge in [-0.15, -0.1) is 0 Å². The van der Waals surface area contributed by atoms with E-state index in [-0.39, 0.29) is 22.3 Å². The molecule has 3 heterocycles. The molecule has 0 aliphatic rings. The monoisotopic (exact) mass is 550 g/mol. The van der Waals surface area contributed by atoms with Gasteiger partial charge in [-0.05, 0) is 48.0 Å². The Labute approximate surface area is 205 Å². The summed E-state index contributed by atoms with van der Waals surface area (Å²) < 4.78 is 46.5. The quantitative estimate of drug-likeness (QED) is 0.354. The third kappa shape index (κ3) is 4.90. The van der Waals surface area contributed by atoms with Gasteiger partial charge in [-0.25, -0.2) is 14.3 Å². The molecule has 0 fully saturated rings. The Morgan fingerprint density at radius 2 is 2.00 bits per heavy atom. The lowest BCUT2D eigenvalue weighted by Crippen LogP contribution is -2.20. The number of hydrogen-bond donors (Lipinski definition) is 1. The Kier molecular flexibility index (Phi) is 6.61. The van der Waals surface area contributed by atoms with Crippen molar-refractivity contribution in [2.45, 2.75) is 26.6 Å². The minimum absolute atomic E-state index is 0.177. The van der Waals surface area contributed by atoms with E-state index in [4.69, 9.17) is 4.74 Å². The number of ether oxygens (including phenoxy) is 1. The molecular formula is C22H18BrF3N6O3. The standard InChI is InChI=1S/C22H18BrF3N6O3/c1-3-35-21(34)15-10-28-32-16(7-8-27-20(15)32)13-5-4-6-14(9-13)29-17(33)11-31-12(2)18(23)19(30-31)22(24,25)26/h4-10H,3,11H2,1-2H3,(H,29,33). The van der Waals surface area contributed by atoms with Gasteiger partial charge in [0.2, 0.25) is 5.91 Å². The van der Waals surface area contributed by atoms with E-state index < -0.39 is 30.3 Å². The molecule has 4 rings (SSSR count). The van der Waals surface area contributed by atoms with E-state index in [9.17, 15) is 22.8 Å². The second-order valence-electron chi connectivity index (χ2n) is 7.38. The smallest absolute Gasteiger partial charge is 0.436 e. The number of amides is 1. The molecule has 1 aromatic carbocycles. The van der Waals surface area contributed by atoms with Gasteiger partial charge in [0.15, 0.2) is 11.3 Å². The second-order valence-corrected chi connectivity index (χ2v) is 8.17. The Morgan fingerprint density at radius 1 is 1.23 bits per heavy atom. The van der Waals surface area contributed by atoms with E-state index in [1.165, 1.54) is 23.8 Å². The third-order valence-corrected chi connectivity index (χ3v) is 5.98. The van der Waals surface area contributed by atoms with Gasteiger partial charge in [0.05, 0.1) is 28.7 Å². The number of carbonyl (C=O) groups is 2. The van der Waals surface area contributed by atoms with Crippen LogP contribution < -0.4 is 5.32 Å². The predicted molar refractivity (Wildman–Crippen MR) is 123 cm³/mol. The summed E-state index contributed by atoms with van der Waals surface area (Å²) in [5.41, 5.74) is 1.29. The van der Waals surface area contributed by atoms with Crippen molar-refractivity contribution >= 4 is 39.1 Å². The fourth-order valence-electron chi connectivity index (χ4n) is 3.42. The minimum atomic E-state index is -4.64. The van der Waals surface area contributed by atoms with Crippen molar-refractivity contribution in [2.24, 2.45) is 0 Å². The molecule has 0 saturated carbocycles. The highest BCUT2D eigenvalue weighted by Gasteiger charge is 2.38. The molecule has 0 spiro atoms. The number of halogens is 4. The Hall–Kier alpha value is -3.74. The number of benzene rings is 1. The molecule has 35 heavy (non-hydrogen) atoms. The Morgan fingerprint density at radius 3 is 2.69 bits per heavy atom. The molecule has 182 valence electrons. The fraction of sp³-hybridized carbons (Fsp3) is 0.227. The number of alkyl halides is 3. The van der Waals surface area contributed by atoms with Gasteiger partial charge < -0.3 is 10.1 Å². The third-order valence-electron chi connectivity index (χ3n) is 5.03. The van der Waals surface area contributed by atoms with Gasteiger partial charge in [0.1, 0.15) is 12.1 Å². The number of fused-ring (bicyclic) bond motifs is 1. The van der Waals surface area contributed by atoms with Gasteiger partial charge in [-0.2, -0.15) is 23.4 Å². The molecule has 0 aliphatic carbocycles. The summed E-state index contributed by atoms with van der Waals surface area (Å²) in [7, 11) is 0. The van der Waals surface area contributed by atoms with Gasteiger partial charge in [-0.1, -0.05) is 12.1 Å². The van der Waals surface area contributed by atoms with Gasteiger partial charge in [0.25, 0.3) is 0 Å². The van der Waals surface area contributed by atoms with Crippen molar-refractivity contribution < 1.29 is 27.5 Å². The first-order valence-electron chi connectivity index (χ1n) is 10.3. The van der Waals surface area contributed by atoms with Crippen LogP contribution in [0.2, 0.25) is 0 Å². The van der Waals surface area contributed by atoms with Crippen molar-refractivity contribution in [1.82, 2.24) is 24.4 Å². The molecule has 0 bridgehead atoms. The van der Waals surface area contributed by atoms with E-state index in [1.807, 2.05) is 0 Å². The van der Waals surface area contributed by atoms with E-state index >= 15 is 0 Å². The SMILES string of the molecule is CCOC(=O)c1cnn2c(-c3cccc(NC(=O)Cn4nc(C(F)(F)F)c(Br)c4C)c3)ccnc12. The van der Waals surface area contributed by atoms with Crippen LogP contribution in [0.15, 0.2) is 47.2 Å². The Bertz CT molecular complexity index is 1430. The zero-order valence-corrected chi connectivity index (χ0v) is 20.0.